The van der Waals surface area contributed by atoms with Crippen LogP contribution < -0.4 is 5.32 Å². The van der Waals surface area contributed by atoms with Gasteiger partial charge in [0.25, 0.3) is 10.1 Å². The van der Waals surface area contributed by atoms with Crippen molar-refractivity contribution in [2.24, 2.45) is 11.8 Å². The van der Waals surface area contributed by atoms with Crippen LogP contribution in [-0.2, 0) is 35.8 Å². The minimum atomic E-state index is -3.87. The Bertz CT molecular complexity index is 1600. The normalized spacial score (nSPS) is 24.0. The highest BCUT2D eigenvalue weighted by Crippen LogP contribution is 2.60. The summed E-state index contributed by atoms with van der Waals surface area (Å²) in [6.45, 7) is 5.72. The first-order valence-corrected chi connectivity index (χ1v) is 16.1. The topological polar surface area (TPSA) is 84.9 Å². The number of anilines is 1. The standard InChI is InChI=1S/C34H38N2O5S/c1-23-13-15-27(16-14-23)42(38,39)41-22-24(2)19-26-20-28(33(37)40-3)31-34(29-11-7-8-12-30(29)35-31)17-18-36(32(26)34)21-25-9-5-4-6-10-25/h4-16,24,26,32,35H,17-22H2,1-3H3. The maximum atomic E-state index is 13.2. The van der Waals surface area contributed by atoms with E-state index in [4.69, 9.17) is 8.92 Å². The number of ether oxygens (including phenoxy) is 1. The highest BCUT2D eigenvalue weighted by atomic mass is 32.2. The van der Waals surface area contributed by atoms with Crippen LogP contribution in [0.25, 0.3) is 0 Å². The van der Waals surface area contributed by atoms with E-state index in [0.717, 1.165) is 36.5 Å². The van der Waals surface area contributed by atoms with Gasteiger partial charge in [-0.05, 0) is 67.3 Å². The highest BCUT2D eigenvalue weighted by molar-refractivity contribution is 7.86. The summed E-state index contributed by atoms with van der Waals surface area (Å²) in [5.74, 6) is -0.278. The molecule has 1 spiro atoms. The van der Waals surface area contributed by atoms with Gasteiger partial charge in [0, 0.05) is 30.5 Å². The van der Waals surface area contributed by atoms with Gasteiger partial charge in [0.1, 0.15) is 0 Å². The molecule has 220 valence electrons. The van der Waals surface area contributed by atoms with Gasteiger partial charge in [-0.2, -0.15) is 8.42 Å². The molecule has 1 fully saturated rings. The lowest BCUT2D eigenvalue weighted by Crippen LogP contribution is -2.51. The molecule has 3 aliphatic rings. The van der Waals surface area contributed by atoms with Crippen molar-refractivity contribution in [3.05, 3.63) is 107 Å². The number of fused-ring (bicyclic) bond motifs is 1. The Morgan fingerprint density at radius 1 is 1.05 bits per heavy atom. The number of nitrogens with zero attached hydrogens (tertiary/aromatic N) is 1. The molecule has 0 saturated carbocycles. The molecule has 1 saturated heterocycles. The van der Waals surface area contributed by atoms with Gasteiger partial charge in [-0.3, -0.25) is 9.08 Å². The summed E-state index contributed by atoms with van der Waals surface area (Å²) in [5, 5.41) is 3.64. The number of nitrogens with one attached hydrogen (secondary N) is 1. The molecule has 7 nitrogen and oxygen atoms in total. The minimum Gasteiger partial charge on any atom is -0.466 e. The third kappa shape index (κ3) is 5.06. The van der Waals surface area contributed by atoms with Gasteiger partial charge in [-0.25, -0.2) is 4.79 Å². The van der Waals surface area contributed by atoms with Crippen molar-refractivity contribution in [3.8, 4) is 0 Å². The number of carbonyl (C=O) groups excluding carboxylic acids is 1. The Hall–Kier alpha value is -3.46. The van der Waals surface area contributed by atoms with Crippen molar-refractivity contribution in [2.75, 3.05) is 25.6 Å². The molecule has 4 unspecified atom stereocenters. The SMILES string of the molecule is COC(=O)C1=C2Nc3ccccc3C23CCN(Cc2ccccc2)C3C(CC(C)COS(=O)(=O)c2ccc(C)cc2)C1. The summed E-state index contributed by atoms with van der Waals surface area (Å²) in [4.78, 5) is 16.0. The summed E-state index contributed by atoms with van der Waals surface area (Å²) in [5.41, 5.74) is 5.79. The van der Waals surface area contributed by atoms with Gasteiger partial charge in [0.2, 0.25) is 0 Å². The van der Waals surface area contributed by atoms with Gasteiger partial charge >= 0.3 is 5.97 Å². The number of benzene rings is 3. The number of para-hydroxylation sites is 1. The van der Waals surface area contributed by atoms with Crippen molar-refractivity contribution in [1.82, 2.24) is 4.90 Å². The second-order valence-corrected chi connectivity index (χ2v) is 13.6. The van der Waals surface area contributed by atoms with Crippen LogP contribution in [0.2, 0.25) is 0 Å². The maximum absolute atomic E-state index is 13.2. The van der Waals surface area contributed by atoms with E-state index >= 15 is 0 Å². The third-order valence-electron chi connectivity index (χ3n) is 9.20. The molecule has 3 aromatic rings. The van der Waals surface area contributed by atoms with Crippen molar-refractivity contribution in [3.63, 3.8) is 0 Å². The zero-order valence-electron chi connectivity index (χ0n) is 24.4. The Morgan fingerprint density at radius 3 is 2.50 bits per heavy atom. The summed E-state index contributed by atoms with van der Waals surface area (Å²) in [6.07, 6.45) is 2.14. The summed E-state index contributed by atoms with van der Waals surface area (Å²) in [6, 6.07) is 25.7. The molecule has 2 heterocycles. The second kappa shape index (κ2) is 11.3. The lowest BCUT2D eigenvalue weighted by atomic mass is 9.62. The van der Waals surface area contributed by atoms with E-state index in [9.17, 15) is 13.2 Å². The van der Waals surface area contributed by atoms with Crippen LogP contribution in [-0.4, -0.2) is 45.6 Å². The Kier molecular flexibility index (Phi) is 7.72. The number of methoxy groups -OCH3 is 1. The average molecular weight is 587 g/mol. The molecule has 1 N–H and O–H groups in total. The smallest absolute Gasteiger partial charge is 0.335 e. The van der Waals surface area contributed by atoms with E-state index in [1.165, 1.54) is 18.2 Å². The lowest BCUT2D eigenvalue weighted by molar-refractivity contribution is -0.136. The molecule has 0 bridgehead atoms. The Labute approximate surface area is 248 Å². The molecule has 0 radical (unpaired) electrons. The zero-order chi connectivity index (χ0) is 29.5. The molecule has 0 aromatic heterocycles. The Balaban J connectivity index is 1.33. The number of rotatable bonds is 9. The summed E-state index contributed by atoms with van der Waals surface area (Å²) < 4.78 is 36.8. The molecule has 6 rings (SSSR count). The van der Waals surface area contributed by atoms with Crippen molar-refractivity contribution in [2.45, 2.75) is 56.0 Å². The van der Waals surface area contributed by atoms with E-state index < -0.39 is 10.1 Å². The number of carbonyl (C=O) groups is 1. The molecule has 1 aliphatic carbocycles. The van der Waals surface area contributed by atoms with Gasteiger partial charge in [-0.1, -0.05) is 73.2 Å². The predicted molar refractivity (Wildman–Crippen MR) is 162 cm³/mol. The van der Waals surface area contributed by atoms with E-state index in [0.29, 0.717) is 18.4 Å². The van der Waals surface area contributed by atoms with Crippen LogP contribution >= 0.6 is 0 Å². The first kappa shape index (κ1) is 28.6. The Morgan fingerprint density at radius 2 is 1.76 bits per heavy atom. The van der Waals surface area contributed by atoms with Crippen LogP contribution in [0.15, 0.2) is 95.0 Å². The fraction of sp³-hybridized carbons (Fsp3) is 0.382. The van der Waals surface area contributed by atoms with E-state index in [2.05, 4.69) is 52.7 Å². The molecule has 2 aliphatic heterocycles. The third-order valence-corrected chi connectivity index (χ3v) is 10.5. The van der Waals surface area contributed by atoms with Crippen LogP contribution in [0, 0.1) is 18.8 Å². The van der Waals surface area contributed by atoms with Crippen LogP contribution in [0.3, 0.4) is 0 Å². The van der Waals surface area contributed by atoms with E-state index in [1.807, 2.05) is 26.0 Å². The van der Waals surface area contributed by atoms with Gasteiger partial charge < -0.3 is 10.1 Å². The predicted octanol–water partition coefficient (Wildman–Crippen LogP) is 5.81. The number of likely N-dealkylation sites (tertiary alicyclic amines) is 1. The molecule has 4 atom stereocenters. The molecular formula is C34H38N2O5S. The van der Waals surface area contributed by atoms with Crippen molar-refractivity contribution >= 4 is 21.8 Å². The van der Waals surface area contributed by atoms with E-state index in [1.54, 1.807) is 24.3 Å². The number of hydrogen-bond acceptors (Lipinski definition) is 7. The summed E-state index contributed by atoms with van der Waals surface area (Å²) in [7, 11) is -2.43. The van der Waals surface area contributed by atoms with E-state index in [-0.39, 0.29) is 40.8 Å². The molecule has 3 aromatic carbocycles. The molecular weight excluding hydrogens is 548 g/mol. The van der Waals surface area contributed by atoms with Gasteiger partial charge in [0.15, 0.2) is 0 Å². The fourth-order valence-corrected chi connectivity index (χ4v) is 8.47. The second-order valence-electron chi connectivity index (χ2n) is 12.0. The summed E-state index contributed by atoms with van der Waals surface area (Å²) >= 11 is 0. The fourth-order valence-electron chi connectivity index (χ4n) is 7.45. The van der Waals surface area contributed by atoms with Gasteiger partial charge in [0.05, 0.1) is 29.6 Å². The highest BCUT2D eigenvalue weighted by Gasteiger charge is 2.60. The minimum absolute atomic E-state index is 0.0588. The van der Waals surface area contributed by atoms with Crippen LogP contribution in [0.4, 0.5) is 5.69 Å². The molecule has 0 amide bonds. The first-order chi connectivity index (χ1) is 20.2. The van der Waals surface area contributed by atoms with Crippen LogP contribution in [0.5, 0.6) is 0 Å². The van der Waals surface area contributed by atoms with Crippen molar-refractivity contribution < 1.29 is 22.1 Å². The van der Waals surface area contributed by atoms with Gasteiger partial charge in [-0.15, -0.1) is 0 Å². The molecule has 42 heavy (non-hydrogen) atoms. The number of hydrogen-bond donors (Lipinski definition) is 1. The zero-order valence-corrected chi connectivity index (χ0v) is 25.2. The molecule has 8 heteroatoms. The van der Waals surface area contributed by atoms with Crippen LogP contribution in [0.1, 0.15) is 42.9 Å². The number of esters is 1. The quantitative estimate of drug-likeness (QED) is 0.250. The number of aryl methyl sites for hydroxylation is 1. The monoisotopic (exact) mass is 586 g/mol. The largest absolute Gasteiger partial charge is 0.466 e. The van der Waals surface area contributed by atoms with Crippen molar-refractivity contribution in [1.29, 1.82) is 0 Å². The first-order valence-electron chi connectivity index (χ1n) is 14.7. The maximum Gasteiger partial charge on any atom is 0.335 e. The average Bonchev–Trinajstić information content (AvgIpc) is 3.54. The lowest BCUT2D eigenvalue weighted by Gasteiger charge is -2.46.